The number of hydrogen-bond acceptors (Lipinski definition) is 7. The highest BCUT2D eigenvalue weighted by Gasteiger charge is 2.48. The number of amides is 5. The van der Waals surface area contributed by atoms with Crippen LogP contribution in [0.3, 0.4) is 0 Å². The topological polar surface area (TPSA) is 163 Å². The van der Waals surface area contributed by atoms with E-state index in [4.69, 9.17) is 4.74 Å². The number of nitrogens with zero attached hydrogens (tertiary/aromatic N) is 1. The van der Waals surface area contributed by atoms with Crippen molar-refractivity contribution in [1.29, 1.82) is 0 Å². The first kappa shape index (κ1) is 42.5. The van der Waals surface area contributed by atoms with Crippen molar-refractivity contribution in [3.63, 3.8) is 0 Å². The van der Waals surface area contributed by atoms with Gasteiger partial charge in [0.05, 0.1) is 12.1 Å². The van der Waals surface area contributed by atoms with E-state index in [1.807, 2.05) is 47.6 Å². The van der Waals surface area contributed by atoms with Gasteiger partial charge < -0.3 is 30.9 Å². The van der Waals surface area contributed by atoms with Crippen LogP contribution in [0.25, 0.3) is 0 Å². The summed E-state index contributed by atoms with van der Waals surface area (Å²) in [4.78, 5) is 82.7. The lowest BCUT2D eigenvalue weighted by molar-refractivity contribution is -0.152. The zero-order valence-electron chi connectivity index (χ0n) is 31.7. The van der Waals surface area contributed by atoms with Gasteiger partial charge in [0.2, 0.25) is 17.6 Å². The molecule has 5 amide bonds. The maximum absolute atomic E-state index is 14.7. The first-order valence-corrected chi connectivity index (χ1v) is 18.3. The van der Waals surface area contributed by atoms with Crippen LogP contribution in [0.15, 0.2) is 25.3 Å². The van der Waals surface area contributed by atoms with Crippen molar-refractivity contribution < 1.29 is 33.5 Å². The normalized spacial score (nSPS) is 20.2. The van der Waals surface area contributed by atoms with Crippen molar-refractivity contribution in [3.05, 3.63) is 25.3 Å². The van der Waals surface area contributed by atoms with Gasteiger partial charge in [-0.1, -0.05) is 85.8 Å². The summed E-state index contributed by atoms with van der Waals surface area (Å²) >= 11 is 0. The molecule has 1 aliphatic heterocycles. The third-order valence-electron chi connectivity index (χ3n) is 9.98. The second-order valence-corrected chi connectivity index (χ2v) is 15.8. The Bertz CT molecular complexity index is 1230. The Morgan fingerprint density at radius 1 is 0.940 bits per heavy atom. The van der Waals surface area contributed by atoms with Gasteiger partial charge in [-0.25, -0.2) is 9.59 Å². The van der Waals surface area contributed by atoms with Gasteiger partial charge in [0, 0.05) is 13.1 Å². The molecule has 5 atom stereocenters. The summed E-state index contributed by atoms with van der Waals surface area (Å²) < 4.78 is 5.43. The van der Waals surface area contributed by atoms with E-state index in [1.54, 1.807) is 13.8 Å². The number of carbonyl (C=O) groups excluding carboxylic acids is 6. The van der Waals surface area contributed by atoms with Crippen LogP contribution in [0.4, 0.5) is 4.79 Å². The summed E-state index contributed by atoms with van der Waals surface area (Å²) in [5, 5.41) is 11.0. The first-order valence-electron chi connectivity index (χ1n) is 18.3. The SMILES string of the molecule is C=CCNC(=O)C(=O)C(CCCC)NC(=O)[C@@H]1C[C@@H](C(C)(C)C=C)CN1C(=O)[C@@H](NC(=O)N[C@H](C(=O)OC(C)C)C(C)(C)C)C1CCCCC1. The minimum atomic E-state index is -1.06. The average molecular weight is 702 g/mol. The molecule has 282 valence electrons. The second-order valence-electron chi connectivity index (χ2n) is 15.8. The highest BCUT2D eigenvalue weighted by molar-refractivity contribution is 6.38. The molecule has 12 nitrogen and oxygen atoms in total. The molecule has 0 aromatic heterocycles. The van der Waals surface area contributed by atoms with Gasteiger partial charge in [0.1, 0.15) is 18.1 Å². The minimum Gasteiger partial charge on any atom is -0.461 e. The van der Waals surface area contributed by atoms with Crippen molar-refractivity contribution in [2.75, 3.05) is 13.1 Å². The summed E-state index contributed by atoms with van der Waals surface area (Å²) in [6.07, 6.45) is 9.08. The van der Waals surface area contributed by atoms with E-state index in [-0.39, 0.29) is 37.5 Å². The summed E-state index contributed by atoms with van der Waals surface area (Å²) in [6, 6.07) is -4.61. The van der Waals surface area contributed by atoms with E-state index in [0.29, 0.717) is 25.7 Å². The number of nitrogens with one attached hydrogen (secondary N) is 4. The van der Waals surface area contributed by atoms with Crippen LogP contribution in [0.1, 0.15) is 113 Å². The molecule has 4 N–H and O–H groups in total. The Hall–Kier alpha value is -3.70. The number of carbonyl (C=O) groups is 6. The molecule has 1 saturated carbocycles. The number of allylic oxidation sites excluding steroid dienone is 1. The van der Waals surface area contributed by atoms with E-state index in [9.17, 15) is 28.8 Å². The van der Waals surface area contributed by atoms with E-state index in [0.717, 1.165) is 25.7 Å². The zero-order valence-corrected chi connectivity index (χ0v) is 31.7. The number of ketones is 1. The monoisotopic (exact) mass is 701 g/mol. The molecule has 0 spiro atoms. The molecule has 2 fully saturated rings. The van der Waals surface area contributed by atoms with Crippen LogP contribution < -0.4 is 21.3 Å². The Morgan fingerprint density at radius 3 is 2.12 bits per heavy atom. The van der Waals surface area contributed by atoms with Crippen LogP contribution in [-0.2, 0) is 28.7 Å². The summed E-state index contributed by atoms with van der Waals surface area (Å²) in [6.45, 7) is 22.8. The Kier molecular flexibility index (Phi) is 16.2. The van der Waals surface area contributed by atoms with Gasteiger partial charge in [-0.2, -0.15) is 0 Å². The molecule has 0 aromatic carbocycles. The van der Waals surface area contributed by atoms with Crippen LogP contribution in [0, 0.1) is 22.7 Å². The van der Waals surface area contributed by atoms with E-state index in [1.165, 1.54) is 11.0 Å². The number of likely N-dealkylation sites (tertiary alicyclic amines) is 1. The maximum atomic E-state index is 14.7. The lowest BCUT2D eigenvalue weighted by Crippen LogP contribution is -2.61. The van der Waals surface area contributed by atoms with Gasteiger partial charge in [-0.3, -0.25) is 19.2 Å². The second kappa shape index (κ2) is 19.1. The molecule has 12 heteroatoms. The molecule has 1 saturated heterocycles. The number of rotatable bonds is 17. The molecule has 2 rings (SSSR count). The lowest BCUT2D eigenvalue weighted by Gasteiger charge is -2.36. The average Bonchev–Trinajstić information content (AvgIpc) is 3.52. The van der Waals surface area contributed by atoms with E-state index >= 15 is 0 Å². The summed E-state index contributed by atoms with van der Waals surface area (Å²) in [5.41, 5.74) is -1.11. The highest BCUT2D eigenvalue weighted by atomic mass is 16.5. The first-order chi connectivity index (χ1) is 23.4. The van der Waals surface area contributed by atoms with Crippen molar-refractivity contribution in [2.24, 2.45) is 22.7 Å². The van der Waals surface area contributed by atoms with Crippen LogP contribution in [-0.4, -0.2) is 83.8 Å². The molecule has 0 aromatic rings. The fourth-order valence-corrected chi connectivity index (χ4v) is 6.66. The van der Waals surface area contributed by atoms with Crippen LogP contribution >= 0.6 is 0 Å². The van der Waals surface area contributed by atoms with Crippen molar-refractivity contribution >= 4 is 35.5 Å². The van der Waals surface area contributed by atoms with Gasteiger partial charge >= 0.3 is 12.0 Å². The molecule has 0 radical (unpaired) electrons. The van der Waals surface area contributed by atoms with Crippen LogP contribution in [0.2, 0.25) is 0 Å². The van der Waals surface area contributed by atoms with Crippen molar-refractivity contribution in [2.45, 2.75) is 143 Å². The summed E-state index contributed by atoms with van der Waals surface area (Å²) in [7, 11) is 0. The van der Waals surface area contributed by atoms with E-state index in [2.05, 4.69) is 34.4 Å². The molecule has 0 bridgehead atoms. The molecule has 50 heavy (non-hydrogen) atoms. The van der Waals surface area contributed by atoms with Crippen molar-refractivity contribution in [3.8, 4) is 0 Å². The zero-order chi connectivity index (χ0) is 37.8. The number of hydrogen-bond donors (Lipinski definition) is 4. The number of urea groups is 1. The number of ether oxygens (including phenoxy) is 1. The molecule has 1 heterocycles. The molecular weight excluding hydrogens is 638 g/mol. The standard InChI is InChI=1S/C38H63N5O7/c1-11-14-20-27(30(44)33(46)39-21-12-2)40-32(45)28-22-26(38(9,10)13-3)23-43(28)34(47)29(25-18-16-15-17-19-25)41-36(49)42-31(37(6,7)8)35(48)50-24(4)5/h12-13,24-29,31H,2-3,11,14-23H2,1,4-10H3,(H,39,46)(H,40,45)(H2,41,42,49)/t26-,27?,28+,29+,31-/m1/s1. The quantitative estimate of drug-likeness (QED) is 0.0981. The van der Waals surface area contributed by atoms with Crippen LogP contribution in [0.5, 0.6) is 0 Å². The Morgan fingerprint density at radius 2 is 1.58 bits per heavy atom. The van der Waals surface area contributed by atoms with Gasteiger partial charge in [-0.05, 0) is 62.2 Å². The van der Waals surface area contributed by atoms with Gasteiger partial charge in [0.15, 0.2) is 0 Å². The third kappa shape index (κ3) is 12.0. The number of Topliss-reactive ketones (excluding diaryl/α,β-unsaturated/α-hetero) is 1. The third-order valence-corrected chi connectivity index (χ3v) is 9.98. The Balaban J connectivity index is 2.46. The molecule has 2 aliphatic rings. The maximum Gasteiger partial charge on any atom is 0.329 e. The van der Waals surface area contributed by atoms with Gasteiger partial charge in [-0.15, -0.1) is 13.2 Å². The van der Waals surface area contributed by atoms with Crippen molar-refractivity contribution in [1.82, 2.24) is 26.2 Å². The Labute approximate surface area is 299 Å². The fourth-order valence-electron chi connectivity index (χ4n) is 6.66. The summed E-state index contributed by atoms with van der Waals surface area (Å²) in [5.74, 6) is -3.38. The molecule has 1 unspecified atom stereocenters. The number of esters is 1. The lowest BCUT2D eigenvalue weighted by atomic mass is 9.77. The smallest absolute Gasteiger partial charge is 0.329 e. The largest absolute Gasteiger partial charge is 0.461 e. The predicted molar refractivity (Wildman–Crippen MR) is 194 cm³/mol. The predicted octanol–water partition coefficient (Wildman–Crippen LogP) is 4.58. The molecule has 1 aliphatic carbocycles. The van der Waals surface area contributed by atoms with Gasteiger partial charge in [0.25, 0.3) is 5.91 Å². The fraction of sp³-hybridized carbons (Fsp3) is 0.737. The highest BCUT2D eigenvalue weighted by Crippen LogP contribution is 2.39. The number of unbranched alkanes of at least 4 members (excludes halogenated alkanes) is 1. The minimum absolute atomic E-state index is 0.112. The molecular formula is C38H63N5O7. The van der Waals surface area contributed by atoms with E-state index < -0.39 is 70.5 Å².